The van der Waals surface area contributed by atoms with Crippen molar-refractivity contribution in [1.82, 2.24) is 24.6 Å². The maximum Gasteiger partial charge on any atom is 0.335 e. The Bertz CT molecular complexity index is 990. The van der Waals surface area contributed by atoms with Crippen LogP contribution in [0.5, 0.6) is 11.8 Å². The number of anilines is 1. The molecule has 0 saturated carbocycles. The molecule has 12 nitrogen and oxygen atoms in total. The lowest BCUT2D eigenvalue weighted by molar-refractivity contribution is 0.0797. The fourth-order valence-electron chi connectivity index (χ4n) is 2.08. The highest BCUT2D eigenvalue weighted by Crippen LogP contribution is 2.18. The number of ether oxygens (including phenoxy) is 2. The molecular formula is C16H20N6O6S. The van der Waals surface area contributed by atoms with E-state index < -0.39 is 27.0 Å². The van der Waals surface area contributed by atoms with Gasteiger partial charge in [0.05, 0.1) is 25.8 Å². The Balaban J connectivity index is 2.26. The number of hydrogen-bond donors (Lipinski definition) is 2. The van der Waals surface area contributed by atoms with Crippen molar-refractivity contribution in [3.8, 4) is 11.8 Å². The molecule has 156 valence electrons. The van der Waals surface area contributed by atoms with E-state index in [1.54, 1.807) is 11.6 Å². The van der Waals surface area contributed by atoms with Crippen LogP contribution in [0.1, 0.15) is 17.3 Å². The van der Waals surface area contributed by atoms with Crippen LogP contribution in [0.2, 0.25) is 0 Å². The summed E-state index contributed by atoms with van der Waals surface area (Å²) in [7, 11) is -0.253. The molecule has 0 unspecified atom stereocenters. The van der Waals surface area contributed by atoms with Gasteiger partial charge in [0.1, 0.15) is 0 Å². The second-order valence-electron chi connectivity index (χ2n) is 5.51. The first kappa shape index (κ1) is 21.8. The van der Waals surface area contributed by atoms with Crippen molar-refractivity contribution in [1.29, 1.82) is 0 Å². The minimum Gasteiger partial charge on any atom is -0.481 e. The lowest BCUT2D eigenvalue weighted by Crippen LogP contribution is -2.37. The van der Waals surface area contributed by atoms with Crippen LogP contribution in [-0.4, -0.2) is 68.0 Å². The fourth-order valence-corrected chi connectivity index (χ4v) is 3.12. The standard InChI is InChI=1S/C16H20N6O6S/c1-5-22(2)14(23)10-7-6-8-17-13(10)29(25,26)21-16(24)20-15-18-11(27-3)9-12(19-15)28-4/h6-9H,5H2,1-4H3,(H2,18,19,20,21,24). The topological polar surface area (TPSA) is 153 Å². The van der Waals surface area contributed by atoms with E-state index in [1.807, 2.05) is 0 Å². The third-order valence-electron chi connectivity index (χ3n) is 3.63. The molecule has 2 aromatic heterocycles. The molecule has 0 radical (unpaired) electrons. The Labute approximate surface area is 167 Å². The van der Waals surface area contributed by atoms with Gasteiger partial charge in [0.15, 0.2) is 5.03 Å². The van der Waals surface area contributed by atoms with Gasteiger partial charge in [-0.2, -0.15) is 18.4 Å². The van der Waals surface area contributed by atoms with Gasteiger partial charge in [0, 0.05) is 19.8 Å². The van der Waals surface area contributed by atoms with Gasteiger partial charge in [0.25, 0.3) is 15.9 Å². The molecule has 0 aliphatic heterocycles. The highest BCUT2D eigenvalue weighted by molar-refractivity contribution is 7.90. The molecule has 0 spiro atoms. The predicted molar refractivity (Wildman–Crippen MR) is 101 cm³/mol. The first-order valence-corrected chi connectivity index (χ1v) is 9.71. The minimum absolute atomic E-state index is 0.0928. The van der Waals surface area contributed by atoms with Gasteiger partial charge in [0.2, 0.25) is 17.7 Å². The van der Waals surface area contributed by atoms with Crippen LogP contribution in [0.15, 0.2) is 29.4 Å². The molecule has 13 heteroatoms. The summed E-state index contributed by atoms with van der Waals surface area (Å²) in [6, 6.07) is 2.94. The molecule has 0 saturated heterocycles. The Morgan fingerprint density at radius 2 is 1.79 bits per heavy atom. The van der Waals surface area contributed by atoms with Crippen LogP contribution < -0.4 is 19.5 Å². The van der Waals surface area contributed by atoms with E-state index >= 15 is 0 Å². The third-order valence-corrected chi connectivity index (χ3v) is 4.92. The number of aromatic nitrogens is 3. The number of carbonyl (C=O) groups is 2. The highest BCUT2D eigenvalue weighted by Gasteiger charge is 2.27. The monoisotopic (exact) mass is 424 g/mol. The van der Waals surface area contributed by atoms with Crippen LogP contribution in [0.3, 0.4) is 0 Å². The Morgan fingerprint density at radius 3 is 2.34 bits per heavy atom. The maximum atomic E-state index is 12.6. The third kappa shape index (κ3) is 5.28. The summed E-state index contributed by atoms with van der Waals surface area (Å²) in [6.07, 6.45) is 1.20. The van der Waals surface area contributed by atoms with Gasteiger partial charge in [-0.25, -0.2) is 14.5 Å². The average Bonchev–Trinajstić information content (AvgIpc) is 2.71. The van der Waals surface area contributed by atoms with E-state index in [0.29, 0.717) is 6.54 Å². The van der Waals surface area contributed by atoms with Crippen LogP contribution in [0.25, 0.3) is 0 Å². The minimum atomic E-state index is -4.47. The second-order valence-corrected chi connectivity index (χ2v) is 7.11. The Hall–Kier alpha value is -3.48. The molecular weight excluding hydrogens is 404 g/mol. The zero-order valence-corrected chi connectivity index (χ0v) is 17.0. The van der Waals surface area contributed by atoms with Crippen molar-refractivity contribution in [2.24, 2.45) is 0 Å². The zero-order chi connectivity index (χ0) is 21.6. The average molecular weight is 424 g/mol. The van der Waals surface area contributed by atoms with Crippen LogP contribution >= 0.6 is 0 Å². The molecule has 0 aromatic carbocycles. The molecule has 2 N–H and O–H groups in total. The number of sulfonamides is 1. The summed E-state index contributed by atoms with van der Waals surface area (Å²) in [5.74, 6) is -0.621. The molecule has 3 amide bonds. The number of nitrogens with zero attached hydrogens (tertiary/aromatic N) is 4. The van der Waals surface area contributed by atoms with Crippen molar-refractivity contribution in [3.63, 3.8) is 0 Å². The predicted octanol–water partition coefficient (Wildman–Crippen LogP) is 0.491. The number of rotatable bonds is 7. The number of carbonyl (C=O) groups excluding carboxylic acids is 2. The summed E-state index contributed by atoms with van der Waals surface area (Å²) in [4.78, 5) is 37.4. The largest absolute Gasteiger partial charge is 0.481 e. The molecule has 0 aliphatic rings. The van der Waals surface area contributed by atoms with Gasteiger partial charge in [-0.15, -0.1) is 0 Å². The van der Waals surface area contributed by atoms with Crippen molar-refractivity contribution in [2.45, 2.75) is 11.9 Å². The number of amides is 3. The second kappa shape index (κ2) is 9.14. The quantitative estimate of drug-likeness (QED) is 0.646. The molecule has 0 bridgehead atoms. The zero-order valence-electron chi connectivity index (χ0n) is 16.2. The van der Waals surface area contributed by atoms with Crippen LogP contribution in [0.4, 0.5) is 10.7 Å². The number of hydrogen-bond acceptors (Lipinski definition) is 9. The van der Waals surface area contributed by atoms with E-state index in [2.05, 4.69) is 20.3 Å². The summed E-state index contributed by atoms with van der Waals surface area (Å²) >= 11 is 0. The number of urea groups is 1. The first-order valence-electron chi connectivity index (χ1n) is 8.23. The molecule has 2 rings (SSSR count). The molecule has 0 atom stereocenters. The summed E-state index contributed by atoms with van der Waals surface area (Å²) in [5.41, 5.74) is -0.170. The lowest BCUT2D eigenvalue weighted by atomic mass is 10.2. The van der Waals surface area contributed by atoms with Crippen molar-refractivity contribution < 1.29 is 27.5 Å². The van der Waals surface area contributed by atoms with Gasteiger partial charge in [-0.05, 0) is 19.1 Å². The molecule has 0 fully saturated rings. The van der Waals surface area contributed by atoms with Crippen molar-refractivity contribution in [2.75, 3.05) is 33.1 Å². The fraction of sp³-hybridized carbons (Fsp3) is 0.312. The van der Waals surface area contributed by atoms with E-state index in [4.69, 9.17) is 9.47 Å². The van der Waals surface area contributed by atoms with Gasteiger partial charge in [-0.3, -0.25) is 10.1 Å². The van der Waals surface area contributed by atoms with E-state index in [-0.39, 0.29) is 23.3 Å². The summed E-state index contributed by atoms with van der Waals surface area (Å²) < 4.78 is 36.9. The maximum absolute atomic E-state index is 12.6. The summed E-state index contributed by atoms with van der Waals surface area (Å²) in [5, 5.41) is 1.59. The molecule has 2 aromatic rings. The van der Waals surface area contributed by atoms with Crippen molar-refractivity contribution >= 4 is 27.9 Å². The smallest absolute Gasteiger partial charge is 0.335 e. The van der Waals surface area contributed by atoms with Crippen LogP contribution in [-0.2, 0) is 10.0 Å². The van der Waals surface area contributed by atoms with Gasteiger partial charge < -0.3 is 14.4 Å². The Kier molecular flexibility index (Phi) is 6.88. The molecule has 0 aliphatic carbocycles. The number of methoxy groups -OCH3 is 2. The van der Waals surface area contributed by atoms with E-state index in [1.165, 1.54) is 50.6 Å². The molecule has 29 heavy (non-hydrogen) atoms. The van der Waals surface area contributed by atoms with E-state index in [0.717, 1.165) is 0 Å². The summed E-state index contributed by atoms with van der Waals surface area (Å²) in [6.45, 7) is 2.09. The van der Waals surface area contributed by atoms with Crippen molar-refractivity contribution in [3.05, 3.63) is 30.0 Å². The SMILES string of the molecule is CCN(C)C(=O)c1cccnc1S(=O)(=O)NC(=O)Nc1nc(OC)cc(OC)n1. The van der Waals surface area contributed by atoms with Crippen LogP contribution in [0, 0.1) is 0 Å². The van der Waals surface area contributed by atoms with Gasteiger partial charge in [-0.1, -0.05) is 0 Å². The molecule has 2 heterocycles. The highest BCUT2D eigenvalue weighted by atomic mass is 32.2. The normalized spacial score (nSPS) is 10.8. The number of nitrogens with one attached hydrogen (secondary N) is 2. The first-order chi connectivity index (χ1) is 13.7. The number of pyridine rings is 1. The van der Waals surface area contributed by atoms with E-state index in [9.17, 15) is 18.0 Å². The lowest BCUT2D eigenvalue weighted by Gasteiger charge is -2.16. The Morgan fingerprint density at radius 1 is 1.17 bits per heavy atom. The van der Waals surface area contributed by atoms with Gasteiger partial charge >= 0.3 is 6.03 Å².